The molecule has 0 amide bonds. The van der Waals surface area contributed by atoms with Gasteiger partial charge in [0.05, 0.1) is 5.52 Å². The van der Waals surface area contributed by atoms with E-state index in [-0.39, 0.29) is 0 Å². The van der Waals surface area contributed by atoms with Crippen molar-refractivity contribution in [3.05, 3.63) is 60.2 Å². The first-order chi connectivity index (χ1) is 13.8. The second-order valence-electron chi connectivity index (χ2n) is 8.10. The maximum Gasteiger partial charge on any atom is 0.129 e. The summed E-state index contributed by atoms with van der Waals surface area (Å²) < 4.78 is 0. The Hall–Kier alpha value is -2.35. The van der Waals surface area contributed by atoms with Crippen LogP contribution in [0.15, 0.2) is 54.6 Å². The first-order valence-corrected chi connectivity index (χ1v) is 11.1. The minimum atomic E-state index is 1.12. The maximum absolute atomic E-state index is 5.06. The van der Waals surface area contributed by atoms with Gasteiger partial charge in [-0.25, -0.2) is 4.98 Å². The Labute approximate surface area is 169 Å². The second kappa shape index (κ2) is 9.23. The standard InChI is InChI=1S/C26H32N2/c1-2-3-4-7-12-21-15-16-25-24(19-21)23(22-13-8-5-9-14-22)20-26(27-25)28-17-10-6-11-18-28/h5,8-9,13-16,19-20H,2-4,6-7,10-12,17-18H2,1H3. The van der Waals surface area contributed by atoms with Crippen LogP contribution in [-0.2, 0) is 6.42 Å². The summed E-state index contributed by atoms with van der Waals surface area (Å²) in [5, 5.41) is 1.29. The topological polar surface area (TPSA) is 16.1 Å². The van der Waals surface area contributed by atoms with E-state index >= 15 is 0 Å². The highest BCUT2D eigenvalue weighted by atomic mass is 15.2. The zero-order valence-corrected chi connectivity index (χ0v) is 17.2. The first kappa shape index (κ1) is 19.0. The lowest BCUT2D eigenvalue weighted by molar-refractivity contribution is 0.574. The van der Waals surface area contributed by atoms with Crippen LogP contribution in [0, 0.1) is 0 Å². The van der Waals surface area contributed by atoms with Crippen LogP contribution in [-0.4, -0.2) is 18.1 Å². The SMILES string of the molecule is CCCCCCc1ccc2nc(N3CCCCC3)cc(-c3ccccc3)c2c1. The van der Waals surface area contributed by atoms with Gasteiger partial charge in [-0.05, 0) is 67.0 Å². The summed E-state index contributed by atoms with van der Waals surface area (Å²) in [5.41, 5.74) is 5.17. The van der Waals surface area contributed by atoms with Crippen molar-refractivity contribution >= 4 is 16.7 Å². The molecule has 0 N–H and O–H groups in total. The highest BCUT2D eigenvalue weighted by Gasteiger charge is 2.16. The zero-order chi connectivity index (χ0) is 19.2. The van der Waals surface area contributed by atoms with Gasteiger partial charge in [-0.3, -0.25) is 0 Å². The summed E-state index contributed by atoms with van der Waals surface area (Å²) in [6, 6.07) is 20.1. The molecule has 0 saturated carbocycles. The van der Waals surface area contributed by atoms with E-state index in [1.54, 1.807) is 0 Å². The van der Waals surface area contributed by atoms with Crippen molar-refractivity contribution in [2.24, 2.45) is 0 Å². The Morgan fingerprint density at radius 2 is 1.68 bits per heavy atom. The minimum Gasteiger partial charge on any atom is -0.357 e. The lowest BCUT2D eigenvalue weighted by Gasteiger charge is -2.28. The van der Waals surface area contributed by atoms with Gasteiger partial charge in [-0.1, -0.05) is 62.6 Å². The fourth-order valence-corrected chi connectivity index (χ4v) is 4.31. The van der Waals surface area contributed by atoms with Crippen molar-refractivity contribution in [1.82, 2.24) is 4.98 Å². The number of rotatable bonds is 7. The average Bonchev–Trinajstić information content (AvgIpc) is 2.77. The third-order valence-corrected chi connectivity index (χ3v) is 5.94. The van der Waals surface area contributed by atoms with Gasteiger partial charge in [0.1, 0.15) is 5.82 Å². The van der Waals surface area contributed by atoms with E-state index in [0.717, 1.165) is 30.8 Å². The molecule has 1 fully saturated rings. The molecule has 28 heavy (non-hydrogen) atoms. The van der Waals surface area contributed by atoms with E-state index < -0.39 is 0 Å². The number of aromatic nitrogens is 1. The van der Waals surface area contributed by atoms with Crippen LogP contribution < -0.4 is 4.90 Å². The van der Waals surface area contributed by atoms with Crippen molar-refractivity contribution in [2.75, 3.05) is 18.0 Å². The number of anilines is 1. The molecule has 0 atom stereocenters. The molecular formula is C26H32N2. The van der Waals surface area contributed by atoms with Crippen LogP contribution in [0.2, 0.25) is 0 Å². The molecule has 1 saturated heterocycles. The Balaban J connectivity index is 1.73. The maximum atomic E-state index is 5.06. The molecule has 0 spiro atoms. The fraction of sp³-hybridized carbons (Fsp3) is 0.423. The highest BCUT2D eigenvalue weighted by molar-refractivity contribution is 5.96. The monoisotopic (exact) mass is 372 g/mol. The summed E-state index contributed by atoms with van der Waals surface area (Å²) in [7, 11) is 0. The number of hydrogen-bond donors (Lipinski definition) is 0. The van der Waals surface area contributed by atoms with Gasteiger partial charge in [0, 0.05) is 18.5 Å². The normalized spacial score (nSPS) is 14.5. The van der Waals surface area contributed by atoms with Gasteiger partial charge >= 0.3 is 0 Å². The number of piperidine rings is 1. The summed E-state index contributed by atoms with van der Waals surface area (Å²) in [5.74, 6) is 1.14. The molecule has 1 aromatic heterocycles. The smallest absolute Gasteiger partial charge is 0.129 e. The molecule has 2 heterocycles. The number of aryl methyl sites for hydroxylation is 1. The lowest BCUT2D eigenvalue weighted by Crippen LogP contribution is -2.30. The van der Waals surface area contributed by atoms with Crippen LogP contribution in [0.25, 0.3) is 22.0 Å². The number of unbranched alkanes of at least 4 members (excludes halogenated alkanes) is 3. The van der Waals surface area contributed by atoms with Crippen LogP contribution in [0.4, 0.5) is 5.82 Å². The lowest BCUT2D eigenvalue weighted by atomic mass is 9.97. The van der Waals surface area contributed by atoms with E-state index in [1.165, 1.54) is 67.0 Å². The predicted octanol–water partition coefficient (Wildman–Crippen LogP) is 7.01. The molecule has 2 heteroatoms. The molecule has 0 unspecified atom stereocenters. The number of benzene rings is 2. The summed E-state index contributed by atoms with van der Waals surface area (Å²) in [6.45, 7) is 4.53. The van der Waals surface area contributed by atoms with Crippen molar-refractivity contribution in [3.8, 4) is 11.1 Å². The second-order valence-corrected chi connectivity index (χ2v) is 8.10. The van der Waals surface area contributed by atoms with Gasteiger partial charge in [-0.2, -0.15) is 0 Å². The van der Waals surface area contributed by atoms with Crippen molar-refractivity contribution in [3.63, 3.8) is 0 Å². The molecule has 4 rings (SSSR count). The summed E-state index contributed by atoms with van der Waals surface area (Å²) >= 11 is 0. The van der Waals surface area contributed by atoms with Crippen LogP contribution in [0.5, 0.6) is 0 Å². The zero-order valence-electron chi connectivity index (χ0n) is 17.2. The molecule has 146 valence electrons. The molecule has 0 bridgehead atoms. The van der Waals surface area contributed by atoms with E-state index in [2.05, 4.69) is 66.4 Å². The van der Waals surface area contributed by atoms with Crippen molar-refractivity contribution < 1.29 is 0 Å². The van der Waals surface area contributed by atoms with Gasteiger partial charge < -0.3 is 4.90 Å². The Bertz CT molecular complexity index is 895. The molecule has 0 radical (unpaired) electrons. The molecule has 2 nitrogen and oxygen atoms in total. The van der Waals surface area contributed by atoms with Crippen molar-refractivity contribution in [1.29, 1.82) is 0 Å². The third-order valence-electron chi connectivity index (χ3n) is 5.94. The van der Waals surface area contributed by atoms with Gasteiger partial charge in [-0.15, -0.1) is 0 Å². The van der Waals surface area contributed by atoms with E-state index in [1.807, 2.05) is 0 Å². The quantitative estimate of drug-likeness (QED) is 0.414. The molecule has 2 aromatic carbocycles. The van der Waals surface area contributed by atoms with Crippen LogP contribution in [0.1, 0.15) is 57.4 Å². The molecule has 1 aliphatic rings. The molecule has 1 aliphatic heterocycles. The van der Waals surface area contributed by atoms with Gasteiger partial charge in [0.15, 0.2) is 0 Å². The summed E-state index contributed by atoms with van der Waals surface area (Å²) in [4.78, 5) is 7.53. The van der Waals surface area contributed by atoms with E-state index in [9.17, 15) is 0 Å². The minimum absolute atomic E-state index is 1.12. The number of pyridine rings is 1. The predicted molar refractivity (Wildman–Crippen MR) is 121 cm³/mol. The Morgan fingerprint density at radius 1 is 0.857 bits per heavy atom. The van der Waals surface area contributed by atoms with E-state index in [0.29, 0.717) is 0 Å². The Morgan fingerprint density at radius 3 is 2.46 bits per heavy atom. The summed E-state index contributed by atoms with van der Waals surface area (Å²) in [6.07, 6.45) is 10.3. The number of fused-ring (bicyclic) bond motifs is 1. The van der Waals surface area contributed by atoms with Crippen LogP contribution in [0.3, 0.4) is 0 Å². The van der Waals surface area contributed by atoms with Crippen molar-refractivity contribution in [2.45, 2.75) is 58.3 Å². The van der Waals surface area contributed by atoms with Gasteiger partial charge in [0.2, 0.25) is 0 Å². The van der Waals surface area contributed by atoms with E-state index in [4.69, 9.17) is 4.98 Å². The first-order valence-electron chi connectivity index (χ1n) is 11.1. The average molecular weight is 373 g/mol. The van der Waals surface area contributed by atoms with Gasteiger partial charge in [0.25, 0.3) is 0 Å². The molecule has 0 aliphatic carbocycles. The number of nitrogens with zero attached hydrogens (tertiary/aromatic N) is 2. The molecule has 3 aromatic rings. The number of hydrogen-bond acceptors (Lipinski definition) is 2. The van der Waals surface area contributed by atoms with Crippen LogP contribution >= 0.6 is 0 Å². The molecular weight excluding hydrogens is 340 g/mol. The third kappa shape index (κ3) is 4.38. The fourth-order valence-electron chi connectivity index (χ4n) is 4.31. The largest absolute Gasteiger partial charge is 0.357 e. The highest BCUT2D eigenvalue weighted by Crippen LogP contribution is 2.33. The Kier molecular flexibility index (Phi) is 6.26.